The second-order valence-electron chi connectivity index (χ2n) is 4.13. The monoisotopic (exact) mass is 236 g/mol. The fourth-order valence-electron chi connectivity index (χ4n) is 1.99. The van der Waals surface area contributed by atoms with E-state index in [1.165, 1.54) is 32.1 Å². The van der Waals surface area contributed by atoms with Crippen LogP contribution in [0.1, 0.15) is 37.8 Å². The van der Waals surface area contributed by atoms with Gasteiger partial charge in [0.25, 0.3) is 0 Å². The summed E-state index contributed by atoms with van der Waals surface area (Å²) in [6.45, 7) is 0. The zero-order chi connectivity index (χ0) is 11.4. The summed E-state index contributed by atoms with van der Waals surface area (Å²) >= 11 is 4.82. The number of hydrogen-bond donors (Lipinski definition) is 2. The fraction of sp³-hybridized carbons (Fsp3) is 0.545. The lowest BCUT2D eigenvalue weighted by atomic mass is 9.96. The van der Waals surface area contributed by atoms with Gasteiger partial charge in [-0.1, -0.05) is 31.5 Å². The van der Waals surface area contributed by atoms with Gasteiger partial charge in [0, 0.05) is 6.04 Å². The van der Waals surface area contributed by atoms with Crippen LogP contribution in [0.15, 0.2) is 12.4 Å². The molecule has 0 spiro atoms. The molecule has 1 fully saturated rings. The van der Waals surface area contributed by atoms with Gasteiger partial charge in [-0.05, 0) is 12.8 Å². The van der Waals surface area contributed by atoms with Gasteiger partial charge in [0.2, 0.25) is 0 Å². The second-order valence-corrected chi connectivity index (χ2v) is 4.57. The van der Waals surface area contributed by atoms with Crippen molar-refractivity contribution >= 4 is 23.0 Å². The van der Waals surface area contributed by atoms with E-state index in [1.54, 1.807) is 12.4 Å². The molecule has 4 nitrogen and oxygen atoms in total. The molecule has 0 aliphatic heterocycles. The van der Waals surface area contributed by atoms with Crippen LogP contribution in [-0.2, 0) is 0 Å². The molecule has 16 heavy (non-hydrogen) atoms. The minimum atomic E-state index is 0.289. The van der Waals surface area contributed by atoms with Crippen LogP contribution in [0, 0.1) is 0 Å². The Hall–Kier alpha value is -1.23. The zero-order valence-corrected chi connectivity index (χ0v) is 9.96. The molecule has 0 aromatic carbocycles. The van der Waals surface area contributed by atoms with Crippen LogP contribution >= 0.6 is 12.2 Å². The molecule has 0 radical (unpaired) electrons. The minimum Gasteiger partial charge on any atom is -0.388 e. The van der Waals surface area contributed by atoms with Gasteiger partial charge in [-0.25, -0.2) is 9.97 Å². The number of nitrogens with one attached hydrogen (secondary N) is 1. The van der Waals surface area contributed by atoms with Crippen molar-refractivity contribution in [3.63, 3.8) is 0 Å². The Labute approximate surface area is 101 Å². The minimum absolute atomic E-state index is 0.289. The van der Waals surface area contributed by atoms with Gasteiger partial charge < -0.3 is 11.1 Å². The first kappa shape index (κ1) is 11.3. The average molecular weight is 236 g/mol. The lowest BCUT2D eigenvalue weighted by Gasteiger charge is -2.22. The van der Waals surface area contributed by atoms with E-state index in [0.717, 1.165) is 5.82 Å². The third kappa shape index (κ3) is 2.88. The van der Waals surface area contributed by atoms with E-state index in [1.807, 2.05) is 0 Å². The van der Waals surface area contributed by atoms with Gasteiger partial charge >= 0.3 is 0 Å². The smallest absolute Gasteiger partial charge is 0.144 e. The summed E-state index contributed by atoms with van der Waals surface area (Å²) in [5.41, 5.74) is 6.03. The molecule has 3 N–H and O–H groups in total. The zero-order valence-electron chi connectivity index (χ0n) is 9.15. The highest BCUT2D eigenvalue weighted by atomic mass is 32.1. The summed E-state index contributed by atoms with van der Waals surface area (Å²) in [7, 11) is 0. The van der Waals surface area contributed by atoms with Crippen LogP contribution in [0.5, 0.6) is 0 Å². The van der Waals surface area contributed by atoms with Gasteiger partial charge in [-0.3, -0.25) is 0 Å². The van der Waals surface area contributed by atoms with Crippen LogP contribution in [0.4, 0.5) is 5.82 Å². The first-order valence-corrected chi connectivity index (χ1v) is 6.05. The first-order valence-electron chi connectivity index (χ1n) is 5.64. The Bertz CT molecular complexity index is 357. The van der Waals surface area contributed by atoms with Gasteiger partial charge in [0.1, 0.15) is 16.5 Å². The predicted molar refractivity (Wildman–Crippen MR) is 68.4 cm³/mol. The third-order valence-electron chi connectivity index (χ3n) is 2.86. The molecule has 86 valence electrons. The molecular formula is C11H16N4S. The van der Waals surface area contributed by atoms with Crippen molar-refractivity contribution in [2.24, 2.45) is 5.73 Å². The maximum atomic E-state index is 5.46. The maximum Gasteiger partial charge on any atom is 0.144 e. The third-order valence-corrected chi connectivity index (χ3v) is 3.07. The van der Waals surface area contributed by atoms with E-state index in [9.17, 15) is 0 Å². The van der Waals surface area contributed by atoms with Crippen molar-refractivity contribution in [3.05, 3.63) is 18.1 Å². The molecule has 0 bridgehead atoms. The van der Waals surface area contributed by atoms with Crippen LogP contribution in [0.2, 0.25) is 0 Å². The standard InChI is InChI=1S/C11H16N4S/c12-11(16)9-6-14-10(7-13-9)15-8-4-2-1-3-5-8/h6-8H,1-5H2,(H2,12,16)(H,14,15). The molecule has 0 saturated heterocycles. The van der Waals surface area contributed by atoms with Crippen molar-refractivity contribution in [1.29, 1.82) is 0 Å². The number of thiocarbonyl (C=S) groups is 1. The van der Waals surface area contributed by atoms with E-state index in [0.29, 0.717) is 11.7 Å². The Morgan fingerprint density at radius 2 is 2.00 bits per heavy atom. The highest BCUT2D eigenvalue weighted by molar-refractivity contribution is 7.80. The Balaban J connectivity index is 1.96. The molecule has 1 aliphatic rings. The molecule has 1 aliphatic carbocycles. The number of anilines is 1. The number of aromatic nitrogens is 2. The molecule has 1 saturated carbocycles. The summed E-state index contributed by atoms with van der Waals surface area (Å²) in [5, 5.41) is 3.39. The predicted octanol–water partition coefficient (Wildman–Crippen LogP) is 1.86. The highest BCUT2D eigenvalue weighted by Crippen LogP contribution is 2.20. The van der Waals surface area contributed by atoms with Crippen LogP contribution in [-0.4, -0.2) is 21.0 Å². The quantitative estimate of drug-likeness (QED) is 0.784. The van der Waals surface area contributed by atoms with Crippen molar-refractivity contribution in [3.8, 4) is 0 Å². The summed E-state index contributed by atoms with van der Waals surface area (Å²) < 4.78 is 0. The molecule has 1 aromatic rings. The van der Waals surface area contributed by atoms with Crippen LogP contribution < -0.4 is 11.1 Å². The molecule has 5 heteroatoms. The SMILES string of the molecule is NC(=S)c1cnc(NC2CCCCC2)cn1. The van der Waals surface area contributed by atoms with Crippen LogP contribution in [0.25, 0.3) is 0 Å². The lowest BCUT2D eigenvalue weighted by Crippen LogP contribution is -2.23. The van der Waals surface area contributed by atoms with E-state index in [4.69, 9.17) is 18.0 Å². The van der Waals surface area contributed by atoms with Crippen molar-refractivity contribution in [1.82, 2.24) is 9.97 Å². The van der Waals surface area contributed by atoms with Gasteiger partial charge in [-0.2, -0.15) is 0 Å². The summed E-state index contributed by atoms with van der Waals surface area (Å²) in [5.74, 6) is 0.812. The summed E-state index contributed by atoms with van der Waals surface area (Å²) in [6.07, 6.45) is 9.71. The molecule has 0 atom stereocenters. The molecule has 2 rings (SSSR count). The molecule has 1 heterocycles. The number of rotatable bonds is 3. The molecule has 0 unspecified atom stereocenters. The van der Waals surface area contributed by atoms with E-state index in [-0.39, 0.29) is 4.99 Å². The molecule has 1 aromatic heterocycles. The topological polar surface area (TPSA) is 63.8 Å². The molecule has 0 amide bonds. The van der Waals surface area contributed by atoms with Crippen molar-refractivity contribution in [2.45, 2.75) is 38.1 Å². The number of hydrogen-bond acceptors (Lipinski definition) is 4. The van der Waals surface area contributed by atoms with Gasteiger partial charge in [-0.15, -0.1) is 0 Å². The Morgan fingerprint density at radius 1 is 1.25 bits per heavy atom. The van der Waals surface area contributed by atoms with Gasteiger partial charge in [0.15, 0.2) is 0 Å². The van der Waals surface area contributed by atoms with Crippen molar-refractivity contribution in [2.75, 3.05) is 5.32 Å². The maximum absolute atomic E-state index is 5.46. The second kappa shape index (κ2) is 5.21. The average Bonchev–Trinajstić information content (AvgIpc) is 2.31. The summed E-state index contributed by atoms with van der Waals surface area (Å²) in [6, 6.07) is 0.540. The Kier molecular flexibility index (Phi) is 3.66. The number of nitrogens with zero attached hydrogens (tertiary/aromatic N) is 2. The lowest BCUT2D eigenvalue weighted by molar-refractivity contribution is 0.461. The number of nitrogens with two attached hydrogens (primary N) is 1. The Morgan fingerprint density at radius 3 is 2.56 bits per heavy atom. The first-order chi connectivity index (χ1) is 7.75. The highest BCUT2D eigenvalue weighted by Gasteiger charge is 2.13. The van der Waals surface area contributed by atoms with Gasteiger partial charge in [0.05, 0.1) is 12.4 Å². The van der Waals surface area contributed by atoms with Crippen molar-refractivity contribution < 1.29 is 0 Å². The van der Waals surface area contributed by atoms with E-state index < -0.39 is 0 Å². The van der Waals surface area contributed by atoms with E-state index in [2.05, 4.69) is 15.3 Å². The largest absolute Gasteiger partial charge is 0.388 e. The molecular weight excluding hydrogens is 220 g/mol. The fourth-order valence-corrected chi connectivity index (χ4v) is 2.09. The normalized spacial score (nSPS) is 17.0. The summed E-state index contributed by atoms with van der Waals surface area (Å²) in [4.78, 5) is 8.69. The van der Waals surface area contributed by atoms with Crippen LogP contribution in [0.3, 0.4) is 0 Å². The van der Waals surface area contributed by atoms with E-state index >= 15 is 0 Å².